The first-order valence-corrected chi connectivity index (χ1v) is 5.56. The van der Waals surface area contributed by atoms with Crippen LogP contribution in [0.1, 0.15) is 0 Å². The Bertz CT molecular complexity index is 369. The van der Waals surface area contributed by atoms with E-state index in [4.69, 9.17) is 28.3 Å². The van der Waals surface area contributed by atoms with E-state index >= 15 is 0 Å². The van der Waals surface area contributed by atoms with Crippen LogP contribution in [0.3, 0.4) is 0 Å². The van der Waals surface area contributed by atoms with Gasteiger partial charge in [-0.15, -0.1) is 11.3 Å². The van der Waals surface area contributed by atoms with Crippen molar-refractivity contribution in [1.82, 2.24) is 0 Å². The molecule has 0 aliphatic carbocycles. The Balaban J connectivity index is 3.38. The van der Waals surface area contributed by atoms with E-state index in [0.717, 1.165) is 11.3 Å². The summed E-state index contributed by atoms with van der Waals surface area (Å²) in [7, 11) is -3.71. The number of primary sulfonamides is 1. The van der Waals surface area contributed by atoms with Gasteiger partial charge in [0.1, 0.15) is 0 Å². The van der Waals surface area contributed by atoms with Crippen LogP contribution in [0, 0.1) is 0 Å². The summed E-state index contributed by atoms with van der Waals surface area (Å²) in [6.45, 7) is 0. The molecule has 2 N–H and O–H groups in total. The van der Waals surface area contributed by atoms with Crippen molar-refractivity contribution >= 4 is 44.6 Å². The number of rotatable bonds is 1. The van der Waals surface area contributed by atoms with Gasteiger partial charge in [-0.25, -0.2) is 13.6 Å². The molecule has 0 atom stereocenters. The molecule has 1 heterocycles. The summed E-state index contributed by atoms with van der Waals surface area (Å²) >= 11 is 11.9. The zero-order chi connectivity index (χ0) is 8.65. The average Bonchev–Trinajstić information content (AvgIpc) is 2.11. The lowest BCUT2D eigenvalue weighted by Crippen LogP contribution is -2.10. The lowest BCUT2D eigenvalue weighted by atomic mass is 10.7. The zero-order valence-corrected chi connectivity index (χ0v) is 8.19. The molecule has 0 aliphatic heterocycles. The van der Waals surface area contributed by atoms with Crippen molar-refractivity contribution < 1.29 is 8.42 Å². The zero-order valence-electron chi connectivity index (χ0n) is 5.04. The minimum atomic E-state index is -3.71. The molecule has 0 aromatic carbocycles. The van der Waals surface area contributed by atoms with E-state index in [0.29, 0.717) is 0 Å². The van der Waals surface area contributed by atoms with Crippen LogP contribution in [-0.4, -0.2) is 8.42 Å². The van der Waals surface area contributed by atoms with E-state index in [1.807, 2.05) is 0 Å². The number of nitrogens with two attached hydrogens (primary N) is 1. The molecule has 0 bridgehead atoms. The summed E-state index contributed by atoms with van der Waals surface area (Å²) in [5.41, 5.74) is 0. The number of halogens is 2. The molecule has 1 aromatic rings. The van der Waals surface area contributed by atoms with Crippen LogP contribution in [-0.2, 0) is 10.0 Å². The van der Waals surface area contributed by atoms with E-state index in [-0.39, 0.29) is 14.3 Å². The molecular formula is C4H3Cl2NO2S2. The van der Waals surface area contributed by atoms with Gasteiger partial charge in [0, 0.05) is 5.38 Å². The largest absolute Gasteiger partial charge is 0.249 e. The second-order valence-electron chi connectivity index (χ2n) is 1.73. The van der Waals surface area contributed by atoms with E-state index in [1.165, 1.54) is 5.38 Å². The fraction of sp³-hybridized carbons (Fsp3) is 0. The molecule has 0 fully saturated rings. The summed E-state index contributed by atoms with van der Waals surface area (Å²) in [5.74, 6) is 0. The molecule has 3 nitrogen and oxygen atoms in total. The molecular weight excluding hydrogens is 229 g/mol. The van der Waals surface area contributed by atoms with Gasteiger partial charge in [0.05, 0.1) is 10.0 Å². The lowest BCUT2D eigenvalue weighted by molar-refractivity contribution is 0.600. The SMILES string of the molecule is NS(=O)(=O)c1scc(Cl)c1Cl. The van der Waals surface area contributed by atoms with E-state index < -0.39 is 10.0 Å². The highest BCUT2D eigenvalue weighted by Crippen LogP contribution is 2.34. The average molecular weight is 232 g/mol. The third-order valence-electron chi connectivity index (χ3n) is 0.917. The summed E-state index contributed by atoms with van der Waals surface area (Å²) in [4.78, 5) is 0. The van der Waals surface area contributed by atoms with Crippen molar-refractivity contribution in [3.05, 3.63) is 15.4 Å². The van der Waals surface area contributed by atoms with Gasteiger partial charge in [-0.1, -0.05) is 23.2 Å². The minimum absolute atomic E-state index is 0.000772. The lowest BCUT2D eigenvalue weighted by Gasteiger charge is -1.91. The first-order valence-electron chi connectivity index (χ1n) is 2.38. The molecule has 7 heteroatoms. The molecule has 1 aromatic heterocycles. The van der Waals surface area contributed by atoms with Crippen molar-refractivity contribution in [3.8, 4) is 0 Å². The molecule has 0 saturated heterocycles. The van der Waals surface area contributed by atoms with Crippen LogP contribution < -0.4 is 5.14 Å². The molecule has 0 amide bonds. The van der Waals surface area contributed by atoms with Gasteiger partial charge in [0.25, 0.3) is 0 Å². The molecule has 62 valence electrons. The summed E-state index contributed by atoms with van der Waals surface area (Å²) in [6.07, 6.45) is 0. The first kappa shape index (κ1) is 9.28. The van der Waals surface area contributed by atoms with Crippen LogP contribution in [0.5, 0.6) is 0 Å². The van der Waals surface area contributed by atoms with E-state index in [1.54, 1.807) is 0 Å². The molecule has 11 heavy (non-hydrogen) atoms. The Morgan fingerprint density at radius 1 is 1.45 bits per heavy atom. The van der Waals surface area contributed by atoms with Gasteiger partial charge < -0.3 is 0 Å². The minimum Gasteiger partial charge on any atom is -0.224 e. The van der Waals surface area contributed by atoms with Crippen molar-refractivity contribution in [2.45, 2.75) is 4.21 Å². The highest BCUT2D eigenvalue weighted by Gasteiger charge is 2.17. The second kappa shape index (κ2) is 2.91. The Labute approximate surface area is 77.8 Å². The maximum Gasteiger partial charge on any atom is 0.249 e. The summed E-state index contributed by atoms with van der Waals surface area (Å²) in [6, 6.07) is 0. The standard InChI is InChI=1S/C4H3Cl2NO2S2/c5-2-1-10-4(3(2)6)11(7,8)9/h1H,(H2,7,8,9). The maximum atomic E-state index is 10.7. The molecule has 0 radical (unpaired) electrons. The van der Waals surface area contributed by atoms with Gasteiger partial charge in [-0.3, -0.25) is 0 Å². The second-order valence-corrected chi connectivity index (χ2v) is 5.15. The van der Waals surface area contributed by atoms with Crippen molar-refractivity contribution in [3.63, 3.8) is 0 Å². The van der Waals surface area contributed by atoms with Crippen LogP contribution in [0.4, 0.5) is 0 Å². The number of hydrogen-bond acceptors (Lipinski definition) is 3. The molecule has 0 unspecified atom stereocenters. The predicted octanol–water partition coefficient (Wildman–Crippen LogP) is 1.70. The number of hydrogen-bond donors (Lipinski definition) is 1. The predicted molar refractivity (Wildman–Crippen MR) is 45.7 cm³/mol. The fourth-order valence-corrected chi connectivity index (χ4v) is 3.00. The molecule has 1 rings (SSSR count). The highest BCUT2D eigenvalue weighted by molar-refractivity contribution is 7.91. The molecule has 0 saturated carbocycles. The van der Waals surface area contributed by atoms with Crippen LogP contribution in [0.15, 0.2) is 9.59 Å². The maximum absolute atomic E-state index is 10.7. The third-order valence-corrected chi connectivity index (χ3v) is 4.54. The quantitative estimate of drug-likeness (QED) is 0.801. The van der Waals surface area contributed by atoms with Crippen LogP contribution in [0.2, 0.25) is 10.0 Å². The van der Waals surface area contributed by atoms with Gasteiger partial charge in [-0.2, -0.15) is 0 Å². The first-order chi connectivity index (χ1) is 4.93. The van der Waals surface area contributed by atoms with Gasteiger partial charge in [-0.05, 0) is 0 Å². The van der Waals surface area contributed by atoms with Crippen LogP contribution in [0.25, 0.3) is 0 Å². The fourth-order valence-electron chi connectivity index (χ4n) is 0.498. The van der Waals surface area contributed by atoms with Crippen molar-refractivity contribution in [1.29, 1.82) is 0 Å². The highest BCUT2D eigenvalue weighted by atomic mass is 35.5. The summed E-state index contributed by atoms with van der Waals surface area (Å²) < 4.78 is 21.3. The number of sulfonamides is 1. The van der Waals surface area contributed by atoms with Crippen LogP contribution >= 0.6 is 34.5 Å². The Morgan fingerprint density at radius 2 is 2.00 bits per heavy atom. The number of thiophene rings is 1. The monoisotopic (exact) mass is 231 g/mol. The Morgan fingerprint density at radius 3 is 2.18 bits per heavy atom. The molecule has 0 spiro atoms. The van der Waals surface area contributed by atoms with E-state index in [2.05, 4.69) is 0 Å². The normalized spacial score (nSPS) is 11.9. The van der Waals surface area contributed by atoms with E-state index in [9.17, 15) is 8.42 Å². The Kier molecular flexibility index (Phi) is 2.46. The van der Waals surface area contributed by atoms with Gasteiger partial charge in [0.2, 0.25) is 10.0 Å². The Hall–Kier alpha value is 0.190. The molecule has 0 aliphatic rings. The third kappa shape index (κ3) is 1.86. The topological polar surface area (TPSA) is 60.2 Å². The van der Waals surface area contributed by atoms with Crippen molar-refractivity contribution in [2.75, 3.05) is 0 Å². The van der Waals surface area contributed by atoms with Gasteiger partial charge in [0.15, 0.2) is 4.21 Å². The van der Waals surface area contributed by atoms with Gasteiger partial charge >= 0.3 is 0 Å². The summed E-state index contributed by atoms with van der Waals surface area (Å²) in [5, 5.41) is 6.44. The van der Waals surface area contributed by atoms with Crippen molar-refractivity contribution in [2.24, 2.45) is 5.14 Å². The smallest absolute Gasteiger partial charge is 0.224 e.